The molecule has 1 aromatic heterocycles. The van der Waals surface area contributed by atoms with Crippen LogP contribution in [0.15, 0.2) is 91.1 Å². The third-order valence-electron chi connectivity index (χ3n) is 7.22. The van der Waals surface area contributed by atoms with Gasteiger partial charge in [-0.25, -0.2) is 4.79 Å². The first-order chi connectivity index (χ1) is 19.1. The monoisotopic (exact) mass is 517 g/mol. The van der Waals surface area contributed by atoms with Crippen LogP contribution in [0.1, 0.15) is 35.7 Å². The van der Waals surface area contributed by atoms with E-state index in [1.165, 1.54) is 0 Å². The molecular formula is C31H27N5O3. The van der Waals surface area contributed by atoms with Gasteiger partial charge in [0.15, 0.2) is 0 Å². The highest BCUT2D eigenvalue weighted by Gasteiger charge is 2.40. The zero-order valence-corrected chi connectivity index (χ0v) is 21.4. The summed E-state index contributed by atoms with van der Waals surface area (Å²) >= 11 is 0. The summed E-state index contributed by atoms with van der Waals surface area (Å²) in [6.45, 7) is -0.0733. The number of aromatic nitrogens is 1. The number of anilines is 2. The molecule has 1 N–H and O–H groups in total. The molecule has 8 nitrogen and oxygen atoms in total. The molecular weight excluding hydrogens is 490 g/mol. The van der Waals surface area contributed by atoms with Crippen molar-refractivity contribution in [1.82, 2.24) is 9.47 Å². The maximum absolute atomic E-state index is 14.2. The summed E-state index contributed by atoms with van der Waals surface area (Å²) in [6, 6.07) is 27.7. The van der Waals surface area contributed by atoms with E-state index in [-0.39, 0.29) is 30.6 Å². The first-order valence-electron chi connectivity index (χ1n) is 12.9. The maximum Gasteiger partial charge on any atom is 0.322 e. The number of amides is 3. The predicted molar refractivity (Wildman–Crippen MR) is 148 cm³/mol. The van der Waals surface area contributed by atoms with Gasteiger partial charge >= 0.3 is 6.03 Å². The van der Waals surface area contributed by atoms with Crippen LogP contribution in [0, 0.1) is 11.3 Å². The van der Waals surface area contributed by atoms with Crippen molar-refractivity contribution in [3.63, 3.8) is 0 Å². The number of rotatable bonds is 6. The normalized spacial score (nSPS) is 15.5. The van der Waals surface area contributed by atoms with E-state index in [1.54, 1.807) is 36.3 Å². The minimum atomic E-state index is -0.385. The minimum absolute atomic E-state index is 0.00330. The molecule has 1 fully saturated rings. The molecule has 2 heterocycles. The number of urea groups is 1. The molecule has 1 aliphatic heterocycles. The van der Waals surface area contributed by atoms with Gasteiger partial charge in [-0.1, -0.05) is 30.3 Å². The van der Waals surface area contributed by atoms with Gasteiger partial charge in [0.2, 0.25) is 5.91 Å². The summed E-state index contributed by atoms with van der Waals surface area (Å²) in [5.41, 5.74) is 4.57. The number of nitriles is 1. The van der Waals surface area contributed by atoms with E-state index in [2.05, 4.69) is 16.0 Å². The second kappa shape index (κ2) is 10.0. The van der Waals surface area contributed by atoms with Crippen molar-refractivity contribution in [2.24, 2.45) is 0 Å². The van der Waals surface area contributed by atoms with Gasteiger partial charge in [-0.05, 0) is 73.0 Å². The third-order valence-corrected chi connectivity index (χ3v) is 7.22. The van der Waals surface area contributed by atoms with E-state index >= 15 is 0 Å². The number of benzene rings is 3. The molecule has 1 unspecified atom stereocenters. The second-order valence-electron chi connectivity index (χ2n) is 9.71. The van der Waals surface area contributed by atoms with Crippen LogP contribution in [-0.4, -0.2) is 41.1 Å². The number of carbonyl (C=O) groups excluding carboxylic acids is 2. The number of hydrogen-bond donors (Lipinski definition) is 1. The van der Waals surface area contributed by atoms with E-state index in [1.807, 2.05) is 71.8 Å². The number of para-hydroxylation sites is 2. The molecule has 3 amide bonds. The van der Waals surface area contributed by atoms with Crippen LogP contribution >= 0.6 is 0 Å². The molecule has 194 valence electrons. The van der Waals surface area contributed by atoms with Gasteiger partial charge in [0.1, 0.15) is 18.3 Å². The Morgan fingerprint density at radius 3 is 2.49 bits per heavy atom. The van der Waals surface area contributed by atoms with Crippen LogP contribution in [0.25, 0.3) is 5.69 Å². The molecule has 8 heteroatoms. The fraction of sp³-hybridized carbons (Fsp3) is 0.194. The van der Waals surface area contributed by atoms with Crippen molar-refractivity contribution >= 4 is 23.3 Å². The van der Waals surface area contributed by atoms with Crippen LogP contribution in [0.4, 0.5) is 16.2 Å². The van der Waals surface area contributed by atoms with Crippen LogP contribution in [0.2, 0.25) is 0 Å². The Bertz CT molecular complexity index is 1580. The molecule has 6 rings (SSSR count). The topological polar surface area (TPSA) is 90.6 Å². The first-order valence-corrected chi connectivity index (χ1v) is 12.9. The van der Waals surface area contributed by atoms with Crippen molar-refractivity contribution < 1.29 is 14.3 Å². The maximum atomic E-state index is 14.2. The zero-order valence-electron chi connectivity index (χ0n) is 21.4. The van der Waals surface area contributed by atoms with Crippen LogP contribution in [0.3, 0.4) is 0 Å². The highest BCUT2D eigenvalue weighted by Crippen LogP contribution is 2.43. The first kappa shape index (κ1) is 24.3. The predicted octanol–water partition coefficient (Wildman–Crippen LogP) is 5.49. The molecule has 1 aliphatic carbocycles. The third kappa shape index (κ3) is 4.59. The number of hydrogen-bond acceptors (Lipinski definition) is 4. The largest absolute Gasteiger partial charge is 0.497 e. The summed E-state index contributed by atoms with van der Waals surface area (Å²) in [5.74, 6) is 0.559. The smallest absolute Gasteiger partial charge is 0.322 e. The standard InChI is InChI=1S/C31H27N5O3/c1-39-25-15-11-22(12-16-25)30-28-10-5-17-34(28)26-8-2-3-9-27(26)36(30)29(37)20-35(24-13-14-24)31(38)33-23-7-4-6-21(18-23)19-32/h2-12,15-18,24,30H,13-14,20H2,1H3,(H,33,38). The number of carbonyl (C=O) groups is 2. The zero-order chi connectivity index (χ0) is 26.9. The number of nitrogens with zero attached hydrogens (tertiary/aromatic N) is 4. The fourth-order valence-electron chi connectivity index (χ4n) is 5.20. The Balaban J connectivity index is 1.35. The number of fused-ring (bicyclic) bond motifs is 3. The molecule has 1 atom stereocenters. The fourth-order valence-corrected chi connectivity index (χ4v) is 5.20. The van der Waals surface area contributed by atoms with E-state index in [9.17, 15) is 14.9 Å². The second-order valence-corrected chi connectivity index (χ2v) is 9.71. The summed E-state index contributed by atoms with van der Waals surface area (Å²) < 4.78 is 7.48. The van der Waals surface area contributed by atoms with Gasteiger partial charge in [-0.2, -0.15) is 5.26 Å². The summed E-state index contributed by atoms with van der Waals surface area (Å²) in [6.07, 6.45) is 3.70. The molecule has 0 bridgehead atoms. The SMILES string of the molecule is COc1ccc(C2c3cccn3-c3ccccc3N2C(=O)CN(C(=O)Nc2cccc(C#N)c2)C2CC2)cc1. The Labute approximate surface area is 226 Å². The molecule has 0 radical (unpaired) electrons. The van der Waals surface area contributed by atoms with Crippen molar-refractivity contribution in [2.45, 2.75) is 24.9 Å². The van der Waals surface area contributed by atoms with E-state index in [4.69, 9.17) is 4.74 Å². The molecule has 4 aromatic rings. The van der Waals surface area contributed by atoms with E-state index in [0.717, 1.165) is 41.2 Å². The molecule has 0 spiro atoms. The van der Waals surface area contributed by atoms with Gasteiger partial charge < -0.3 is 19.5 Å². The minimum Gasteiger partial charge on any atom is -0.497 e. The van der Waals surface area contributed by atoms with Crippen LogP contribution in [-0.2, 0) is 4.79 Å². The highest BCUT2D eigenvalue weighted by molar-refractivity contribution is 6.01. The van der Waals surface area contributed by atoms with Gasteiger partial charge in [0, 0.05) is 17.9 Å². The summed E-state index contributed by atoms with van der Waals surface area (Å²) in [7, 11) is 1.63. The molecule has 3 aromatic carbocycles. The average molecular weight is 518 g/mol. The molecule has 0 saturated heterocycles. The van der Waals surface area contributed by atoms with E-state index in [0.29, 0.717) is 11.3 Å². The van der Waals surface area contributed by atoms with Crippen molar-refractivity contribution in [3.8, 4) is 17.5 Å². The highest BCUT2D eigenvalue weighted by atomic mass is 16.5. The van der Waals surface area contributed by atoms with Crippen LogP contribution < -0.4 is 15.0 Å². The number of ether oxygens (including phenoxy) is 1. The van der Waals surface area contributed by atoms with Gasteiger partial charge in [-0.15, -0.1) is 0 Å². The summed E-state index contributed by atoms with van der Waals surface area (Å²) in [5, 5.41) is 12.1. The van der Waals surface area contributed by atoms with E-state index < -0.39 is 0 Å². The van der Waals surface area contributed by atoms with Crippen LogP contribution in [0.5, 0.6) is 5.75 Å². The van der Waals surface area contributed by atoms with Gasteiger partial charge in [-0.3, -0.25) is 9.69 Å². The Morgan fingerprint density at radius 2 is 1.77 bits per heavy atom. The van der Waals surface area contributed by atoms with Crippen molar-refractivity contribution in [1.29, 1.82) is 5.26 Å². The lowest BCUT2D eigenvalue weighted by molar-refractivity contribution is -0.119. The molecule has 2 aliphatic rings. The Morgan fingerprint density at radius 1 is 1.00 bits per heavy atom. The average Bonchev–Trinajstić information content (AvgIpc) is 3.70. The number of methoxy groups -OCH3 is 1. The number of nitrogens with one attached hydrogen (secondary N) is 1. The van der Waals surface area contributed by atoms with Crippen molar-refractivity contribution in [2.75, 3.05) is 23.9 Å². The summed E-state index contributed by atoms with van der Waals surface area (Å²) in [4.78, 5) is 31.0. The quantitative estimate of drug-likeness (QED) is 0.366. The van der Waals surface area contributed by atoms with Gasteiger partial charge in [0.05, 0.1) is 35.8 Å². The van der Waals surface area contributed by atoms with Crippen molar-refractivity contribution in [3.05, 3.63) is 108 Å². The molecule has 1 saturated carbocycles. The Kier molecular flexibility index (Phi) is 6.25. The van der Waals surface area contributed by atoms with Gasteiger partial charge in [0.25, 0.3) is 0 Å². The molecule has 39 heavy (non-hydrogen) atoms. The Hall–Kier alpha value is -5.03. The lowest BCUT2D eigenvalue weighted by Crippen LogP contribution is -2.48. The lowest BCUT2D eigenvalue weighted by atomic mass is 9.97. The lowest BCUT2D eigenvalue weighted by Gasteiger charge is -2.39.